The lowest BCUT2D eigenvalue weighted by Crippen LogP contribution is -2.20. The number of benzene rings is 1. The van der Waals surface area contributed by atoms with Gasteiger partial charge in [-0.05, 0) is 29.9 Å². The van der Waals surface area contributed by atoms with Gasteiger partial charge in [0.05, 0.1) is 17.6 Å². The zero-order chi connectivity index (χ0) is 20.1. The molecule has 0 bridgehead atoms. The fraction of sp³-hybridized carbons (Fsp3) is 0.0556. The lowest BCUT2D eigenvalue weighted by molar-refractivity contribution is -0.385. The van der Waals surface area contributed by atoms with Crippen LogP contribution in [0.5, 0.6) is 0 Å². The number of pyridine rings is 1. The molecule has 3 rings (SSSR count). The van der Waals surface area contributed by atoms with Gasteiger partial charge in [-0.1, -0.05) is 30.3 Å². The molecule has 0 aliphatic rings. The summed E-state index contributed by atoms with van der Waals surface area (Å²) in [6.07, 6.45) is 1.13. The van der Waals surface area contributed by atoms with Crippen LogP contribution < -0.4 is 10.6 Å². The van der Waals surface area contributed by atoms with Crippen LogP contribution in [-0.4, -0.2) is 28.1 Å². The van der Waals surface area contributed by atoms with E-state index in [0.717, 1.165) is 16.6 Å². The van der Waals surface area contributed by atoms with Gasteiger partial charge in [0.25, 0.3) is 5.69 Å². The number of ether oxygens (including phenoxy) is 1. The molecule has 8 nitrogen and oxygen atoms in total. The van der Waals surface area contributed by atoms with Crippen molar-refractivity contribution >= 4 is 51.1 Å². The Kier molecular flexibility index (Phi) is 5.92. The van der Waals surface area contributed by atoms with Gasteiger partial charge in [-0.15, -0.1) is 11.3 Å². The van der Waals surface area contributed by atoms with Crippen LogP contribution in [0.25, 0.3) is 10.4 Å². The highest BCUT2D eigenvalue weighted by Crippen LogP contribution is 2.36. The molecule has 0 fully saturated rings. The quantitative estimate of drug-likeness (QED) is 0.275. The third-order valence-electron chi connectivity index (χ3n) is 3.62. The molecule has 142 valence electrons. The summed E-state index contributed by atoms with van der Waals surface area (Å²) in [7, 11) is 1.31. The largest absolute Gasteiger partial charge is 0.465 e. The van der Waals surface area contributed by atoms with Crippen molar-refractivity contribution in [2.45, 2.75) is 0 Å². The predicted octanol–water partition coefficient (Wildman–Crippen LogP) is 4.31. The molecule has 0 spiro atoms. The lowest BCUT2D eigenvalue weighted by atomic mass is 10.1. The van der Waals surface area contributed by atoms with Crippen LogP contribution >= 0.6 is 23.6 Å². The van der Waals surface area contributed by atoms with Crippen molar-refractivity contribution in [2.75, 3.05) is 17.7 Å². The third kappa shape index (κ3) is 4.48. The van der Waals surface area contributed by atoms with Crippen molar-refractivity contribution in [1.29, 1.82) is 0 Å². The summed E-state index contributed by atoms with van der Waals surface area (Å²) in [5.41, 5.74) is 1.19. The third-order valence-corrected chi connectivity index (χ3v) is 4.93. The average molecular weight is 414 g/mol. The van der Waals surface area contributed by atoms with Gasteiger partial charge in [0.15, 0.2) is 5.11 Å². The van der Waals surface area contributed by atoms with Crippen LogP contribution in [0.3, 0.4) is 0 Å². The highest BCUT2D eigenvalue weighted by Gasteiger charge is 2.18. The van der Waals surface area contributed by atoms with Crippen LogP contribution in [0.15, 0.2) is 54.7 Å². The first-order valence-corrected chi connectivity index (χ1v) is 9.16. The number of nitrogens with one attached hydrogen (secondary N) is 2. The van der Waals surface area contributed by atoms with Gasteiger partial charge < -0.3 is 15.4 Å². The Labute approximate surface area is 169 Å². The predicted molar refractivity (Wildman–Crippen MR) is 112 cm³/mol. The van der Waals surface area contributed by atoms with E-state index >= 15 is 0 Å². The first-order chi connectivity index (χ1) is 13.5. The Bertz CT molecular complexity index is 1020. The number of carbonyl (C=O) groups is 1. The maximum Gasteiger partial charge on any atom is 0.340 e. The summed E-state index contributed by atoms with van der Waals surface area (Å²) in [5.74, 6) is -0.153. The number of rotatable bonds is 5. The number of esters is 1. The Balaban J connectivity index is 1.80. The van der Waals surface area contributed by atoms with E-state index in [0.29, 0.717) is 16.4 Å². The number of nitro groups is 1. The second kappa shape index (κ2) is 8.55. The molecular formula is C18H14N4O4S2. The molecule has 0 atom stereocenters. The topological polar surface area (TPSA) is 106 Å². The molecular weight excluding hydrogens is 400 g/mol. The van der Waals surface area contributed by atoms with Crippen LogP contribution in [0, 0.1) is 10.1 Å². The summed E-state index contributed by atoms with van der Waals surface area (Å²) in [6, 6.07) is 14.1. The summed E-state index contributed by atoms with van der Waals surface area (Å²) < 4.78 is 4.85. The van der Waals surface area contributed by atoms with Crippen molar-refractivity contribution in [2.24, 2.45) is 0 Å². The number of aromatic nitrogens is 1. The number of methoxy groups -OCH3 is 1. The van der Waals surface area contributed by atoms with E-state index in [4.69, 9.17) is 17.0 Å². The molecule has 3 aromatic rings. The van der Waals surface area contributed by atoms with E-state index in [1.165, 1.54) is 30.6 Å². The van der Waals surface area contributed by atoms with Crippen molar-refractivity contribution in [3.05, 3.63) is 70.4 Å². The number of thiophene rings is 1. The van der Waals surface area contributed by atoms with Crippen LogP contribution in [-0.2, 0) is 4.74 Å². The fourth-order valence-electron chi connectivity index (χ4n) is 2.31. The Hall–Kier alpha value is -3.37. The van der Waals surface area contributed by atoms with E-state index in [1.807, 2.05) is 30.3 Å². The monoisotopic (exact) mass is 414 g/mol. The van der Waals surface area contributed by atoms with Crippen molar-refractivity contribution in [3.8, 4) is 10.4 Å². The van der Waals surface area contributed by atoms with E-state index in [9.17, 15) is 14.9 Å². The average Bonchev–Trinajstić information content (AvgIpc) is 3.12. The maximum atomic E-state index is 12.1. The molecule has 10 heteroatoms. The second-order valence-corrected chi connectivity index (χ2v) is 6.91. The number of nitrogens with zero attached hydrogens (tertiary/aromatic N) is 2. The Morgan fingerprint density at radius 1 is 1.21 bits per heavy atom. The molecule has 2 N–H and O–H groups in total. The van der Waals surface area contributed by atoms with Gasteiger partial charge in [0, 0.05) is 10.9 Å². The zero-order valence-corrected chi connectivity index (χ0v) is 16.2. The normalized spacial score (nSPS) is 10.2. The first kappa shape index (κ1) is 19.4. The van der Waals surface area contributed by atoms with Crippen LogP contribution in [0.2, 0.25) is 0 Å². The van der Waals surface area contributed by atoms with Crippen molar-refractivity contribution in [1.82, 2.24) is 4.98 Å². The molecule has 0 aliphatic carbocycles. The zero-order valence-electron chi connectivity index (χ0n) is 14.5. The maximum absolute atomic E-state index is 12.1. The molecule has 0 amide bonds. The second-order valence-electron chi connectivity index (χ2n) is 5.45. The van der Waals surface area contributed by atoms with Crippen LogP contribution in [0.1, 0.15) is 10.4 Å². The highest BCUT2D eigenvalue weighted by molar-refractivity contribution is 7.80. The minimum Gasteiger partial charge on any atom is -0.465 e. The van der Waals surface area contributed by atoms with E-state index in [2.05, 4.69) is 15.6 Å². The summed E-state index contributed by atoms with van der Waals surface area (Å²) >= 11 is 6.62. The smallest absolute Gasteiger partial charge is 0.340 e. The summed E-state index contributed by atoms with van der Waals surface area (Å²) in [4.78, 5) is 27.1. The van der Waals surface area contributed by atoms with Crippen LogP contribution in [0.4, 0.5) is 16.5 Å². The molecule has 0 radical (unpaired) electrons. The highest BCUT2D eigenvalue weighted by atomic mass is 32.1. The minimum absolute atomic E-state index is 0.122. The Morgan fingerprint density at radius 3 is 2.57 bits per heavy atom. The molecule has 2 aromatic heterocycles. The summed E-state index contributed by atoms with van der Waals surface area (Å²) in [6.45, 7) is 0. The molecule has 1 aromatic carbocycles. The molecule has 0 aliphatic heterocycles. The number of anilines is 2. The van der Waals surface area contributed by atoms with E-state index in [-0.39, 0.29) is 10.8 Å². The lowest BCUT2D eigenvalue weighted by Gasteiger charge is -2.09. The van der Waals surface area contributed by atoms with Gasteiger partial charge in [-0.3, -0.25) is 10.1 Å². The molecule has 28 heavy (non-hydrogen) atoms. The number of hydrogen-bond acceptors (Lipinski definition) is 7. The van der Waals surface area contributed by atoms with E-state index < -0.39 is 10.9 Å². The van der Waals surface area contributed by atoms with Crippen molar-refractivity contribution < 1.29 is 14.5 Å². The number of hydrogen-bond donors (Lipinski definition) is 2. The molecule has 0 unspecified atom stereocenters. The first-order valence-electron chi connectivity index (χ1n) is 7.94. The Morgan fingerprint density at radius 2 is 1.96 bits per heavy atom. The minimum atomic E-state index is -0.535. The van der Waals surface area contributed by atoms with Crippen molar-refractivity contribution in [3.63, 3.8) is 0 Å². The molecule has 0 saturated carbocycles. The SMILES string of the molecule is COC(=O)c1cc(-c2ccccc2)sc1NC(=S)Nc1ccc([N+](=O)[O-])cn1. The van der Waals surface area contributed by atoms with Gasteiger partial charge in [0.2, 0.25) is 0 Å². The molecule has 2 heterocycles. The number of carbonyl (C=O) groups excluding carboxylic acids is 1. The van der Waals surface area contributed by atoms with E-state index in [1.54, 1.807) is 6.07 Å². The van der Waals surface area contributed by atoms with Gasteiger partial charge in [-0.2, -0.15) is 0 Å². The number of thiocarbonyl (C=S) groups is 1. The summed E-state index contributed by atoms with van der Waals surface area (Å²) in [5, 5.41) is 17.2. The van der Waals surface area contributed by atoms with Gasteiger partial charge >= 0.3 is 5.97 Å². The fourth-order valence-corrected chi connectivity index (χ4v) is 3.64. The standard InChI is InChI=1S/C18H14N4O4S2/c1-26-17(23)13-9-14(11-5-3-2-4-6-11)28-16(13)21-18(27)20-15-8-7-12(10-19-15)22(24)25/h2-10H,1H3,(H2,19,20,21,27). The van der Waals surface area contributed by atoms with Gasteiger partial charge in [0.1, 0.15) is 17.0 Å². The molecule has 0 saturated heterocycles. The van der Waals surface area contributed by atoms with Gasteiger partial charge in [-0.25, -0.2) is 9.78 Å².